The summed E-state index contributed by atoms with van der Waals surface area (Å²) in [4.78, 5) is 0. The van der Waals surface area contributed by atoms with Gasteiger partial charge in [0.15, 0.2) is 0 Å². The Labute approximate surface area is 114 Å². The van der Waals surface area contributed by atoms with Gasteiger partial charge in [0.1, 0.15) is 11.5 Å². The van der Waals surface area contributed by atoms with Crippen molar-refractivity contribution in [3.8, 4) is 11.5 Å². The lowest BCUT2D eigenvalue weighted by atomic mass is 10.2. The molecule has 3 heteroatoms. The molecular weight excluding hydrogens is 238 g/mol. The minimum absolute atomic E-state index is 0.188. The third kappa shape index (κ3) is 3.65. The molecule has 0 spiro atoms. The van der Waals surface area contributed by atoms with Crippen molar-refractivity contribution in [2.24, 2.45) is 0 Å². The number of anilines is 2. The third-order valence-electron chi connectivity index (χ3n) is 2.61. The van der Waals surface area contributed by atoms with Crippen LogP contribution in [0.5, 0.6) is 11.5 Å². The zero-order chi connectivity index (χ0) is 13.7. The fourth-order valence-corrected chi connectivity index (χ4v) is 1.79. The molecule has 0 aromatic heterocycles. The van der Waals surface area contributed by atoms with Crippen molar-refractivity contribution < 1.29 is 9.47 Å². The molecule has 0 atom stereocenters. The van der Waals surface area contributed by atoms with Crippen molar-refractivity contribution in [3.05, 3.63) is 48.5 Å². The van der Waals surface area contributed by atoms with Crippen LogP contribution in [-0.4, -0.2) is 13.2 Å². The van der Waals surface area contributed by atoms with Crippen LogP contribution >= 0.6 is 0 Å². The van der Waals surface area contributed by atoms with Gasteiger partial charge >= 0.3 is 0 Å². The highest BCUT2D eigenvalue weighted by Gasteiger charge is 2.02. The predicted molar refractivity (Wildman–Crippen MR) is 78.5 cm³/mol. The molecule has 0 heterocycles. The van der Waals surface area contributed by atoms with E-state index in [0.717, 1.165) is 22.9 Å². The monoisotopic (exact) mass is 257 g/mol. The molecule has 2 aromatic rings. The standard InChI is InChI=1S/C16H19NO2/c1-12(2)19-14-10-8-13(9-11-14)17-15-6-4-5-7-16(15)18-3/h4-12,17H,1-3H3. The zero-order valence-electron chi connectivity index (χ0n) is 11.5. The highest BCUT2D eigenvalue weighted by Crippen LogP contribution is 2.27. The summed E-state index contributed by atoms with van der Waals surface area (Å²) in [6.07, 6.45) is 0.188. The average molecular weight is 257 g/mol. The molecule has 19 heavy (non-hydrogen) atoms. The van der Waals surface area contributed by atoms with Crippen LogP contribution in [0.15, 0.2) is 48.5 Å². The van der Waals surface area contributed by atoms with E-state index in [1.165, 1.54) is 0 Å². The summed E-state index contributed by atoms with van der Waals surface area (Å²) < 4.78 is 10.9. The molecule has 0 aliphatic carbocycles. The van der Waals surface area contributed by atoms with Gasteiger partial charge in [-0.1, -0.05) is 12.1 Å². The Kier molecular flexibility index (Phi) is 4.29. The van der Waals surface area contributed by atoms with Gasteiger partial charge in [-0.3, -0.25) is 0 Å². The van der Waals surface area contributed by atoms with E-state index in [2.05, 4.69) is 5.32 Å². The molecule has 0 fully saturated rings. The normalized spacial score (nSPS) is 10.3. The quantitative estimate of drug-likeness (QED) is 0.869. The highest BCUT2D eigenvalue weighted by atomic mass is 16.5. The van der Waals surface area contributed by atoms with Crippen LogP contribution in [-0.2, 0) is 0 Å². The smallest absolute Gasteiger partial charge is 0.142 e. The van der Waals surface area contributed by atoms with Gasteiger partial charge in [0.05, 0.1) is 18.9 Å². The molecule has 2 aromatic carbocycles. The van der Waals surface area contributed by atoms with E-state index >= 15 is 0 Å². The van der Waals surface area contributed by atoms with Crippen LogP contribution in [0, 0.1) is 0 Å². The lowest BCUT2D eigenvalue weighted by Gasteiger charge is -2.12. The van der Waals surface area contributed by atoms with Crippen LogP contribution in [0.2, 0.25) is 0 Å². The predicted octanol–water partition coefficient (Wildman–Crippen LogP) is 4.23. The van der Waals surface area contributed by atoms with Crippen molar-refractivity contribution in [3.63, 3.8) is 0 Å². The maximum atomic E-state index is 5.61. The molecule has 0 amide bonds. The second-order valence-corrected chi connectivity index (χ2v) is 4.52. The fraction of sp³-hybridized carbons (Fsp3) is 0.250. The largest absolute Gasteiger partial charge is 0.495 e. The van der Waals surface area contributed by atoms with Crippen molar-refractivity contribution in [1.29, 1.82) is 0 Å². The van der Waals surface area contributed by atoms with Crippen LogP contribution in [0.25, 0.3) is 0 Å². The van der Waals surface area contributed by atoms with Crippen LogP contribution in [0.3, 0.4) is 0 Å². The molecule has 0 saturated heterocycles. The summed E-state index contributed by atoms with van der Waals surface area (Å²) in [6.45, 7) is 4.03. The molecule has 0 bridgehead atoms. The maximum Gasteiger partial charge on any atom is 0.142 e. The molecule has 0 aliphatic heterocycles. The minimum Gasteiger partial charge on any atom is -0.495 e. The Hall–Kier alpha value is -2.16. The summed E-state index contributed by atoms with van der Waals surface area (Å²) in [6, 6.07) is 15.7. The number of ether oxygens (including phenoxy) is 2. The Morgan fingerprint density at radius 3 is 2.26 bits per heavy atom. The van der Waals surface area contributed by atoms with Gasteiger partial charge < -0.3 is 14.8 Å². The summed E-state index contributed by atoms with van der Waals surface area (Å²) in [5.41, 5.74) is 1.95. The minimum atomic E-state index is 0.188. The van der Waals surface area contributed by atoms with Gasteiger partial charge in [0.2, 0.25) is 0 Å². The molecule has 0 saturated carbocycles. The van der Waals surface area contributed by atoms with E-state index in [9.17, 15) is 0 Å². The Morgan fingerprint density at radius 1 is 0.947 bits per heavy atom. The first-order valence-electron chi connectivity index (χ1n) is 6.36. The number of para-hydroxylation sites is 2. The third-order valence-corrected chi connectivity index (χ3v) is 2.61. The number of rotatable bonds is 5. The first-order chi connectivity index (χ1) is 9.19. The lowest BCUT2D eigenvalue weighted by Crippen LogP contribution is -2.05. The van der Waals surface area contributed by atoms with Gasteiger partial charge in [-0.05, 0) is 50.2 Å². The molecule has 0 aliphatic rings. The van der Waals surface area contributed by atoms with E-state index in [-0.39, 0.29) is 6.10 Å². The summed E-state index contributed by atoms with van der Waals surface area (Å²) in [7, 11) is 1.67. The first kappa shape index (κ1) is 13.3. The van der Waals surface area contributed by atoms with E-state index in [1.807, 2.05) is 62.4 Å². The number of hydrogen-bond acceptors (Lipinski definition) is 3. The average Bonchev–Trinajstić information content (AvgIpc) is 2.41. The summed E-state index contributed by atoms with van der Waals surface area (Å²) in [5, 5.41) is 3.32. The van der Waals surface area contributed by atoms with Crippen LogP contribution in [0.4, 0.5) is 11.4 Å². The number of methoxy groups -OCH3 is 1. The molecule has 0 unspecified atom stereocenters. The number of benzene rings is 2. The van der Waals surface area contributed by atoms with Gasteiger partial charge in [-0.25, -0.2) is 0 Å². The molecule has 1 N–H and O–H groups in total. The van der Waals surface area contributed by atoms with Crippen LogP contribution < -0.4 is 14.8 Å². The van der Waals surface area contributed by atoms with Crippen molar-refractivity contribution >= 4 is 11.4 Å². The maximum absolute atomic E-state index is 5.61. The van der Waals surface area contributed by atoms with Crippen molar-refractivity contribution in [1.82, 2.24) is 0 Å². The summed E-state index contributed by atoms with van der Waals surface area (Å²) >= 11 is 0. The highest BCUT2D eigenvalue weighted by molar-refractivity contribution is 5.66. The van der Waals surface area contributed by atoms with Crippen molar-refractivity contribution in [2.75, 3.05) is 12.4 Å². The SMILES string of the molecule is COc1ccccc1Nc1ccc(OC(C)C)cc1. The molecule has 2 rings (SSSR count). The van der Waals surface area contributed by atoms with Crippen LogP contribution in [0.1, 0.15) is 13.8 Å². The Morgan fingerprint density at radius 2 is 1.63 bits per heavy atom. The van der Waals surface area contributed by atoms with Gasteiger partial charge in [-0.15, -0.1) is 0 Å². The molecule has 100 valence electrons. The molecular formula is C16H19NO2. The lowest BCUT2D eigenvalue weighted by molar-refractivity contribution is 0.242. The molecule has 3 nitrogen and oxygen atoms in total. The molecule has 0 radical (unpaired) electrons. The Bertz CT molecular complexity index is 521. The van der Waals surface area contributed by atoms with E-state index in [4.69, 9.17) is 9.47 Å². The second kappa shape index (κ2) is 6.14. The van der Waals surface area contributed by atoms with Gasteiger partial charge in [-0.2, -0.15) is 0 Å². The van der Waals surface area contributed by atoms with Gasteiger partial charge in [0.25, 0.3) is 0 Å². The van der Waals surface area contributed by atoms with Gasteiger partial charge in [0, 0.05) is 5.69 Å². The first-order valence-corrected chi connectivity index (χ1v) is 6.36. The van der Waals surface area contributed by atoms with E-state index in [1.54, 1.807) is 7.11 Å². The number of nitrogens with one attached hydrogen (secondary N) is 1. The topological polar surface area (TPSA) is 30.5 Å². The summed E-state index contributed by atoms with van der Waals surface area (Å²) in [5.74, 6) is 1.70. The van der Waals surface area contributed by atoms with Crippen molar-refractivity contribution in [2.45, 2.75) is 20.0 Å². The Balaban J connectivity index is 2.11. The van der Waals surface area contributed by atoms with E-state index in [0.29, 0.717) is 0 Å². The second-order valence-electron chi connectivity index (χ2n) is 4.52. The van der Waals surface area contributed by atoms with E-state index < -0.39 is 0 Å². The zero-order valence-corrected chi connectivity index (χ0v) is 11.5. The number of hydrogen-bond donors (Lipinski definition) is 1. The fourth-order valence-electron chi connectivity index (χ4n) is 1.79.